The van der Waals surface area contributed by atoms with Crippen molar-refractivity contribution in [3.8, 4) is 0 Å². The fourth-order valence-electron chi connectivity index (χ4n) is 4.26. The van der Waals surface area contributed by atoms with E-state index in [0.717, 1.165) is 24.7 Å². The Morgan fingerprint density at radius 1 is 1.15 bits per heavy atom. The van der Waals surface area contributed by atoms with Gasteiger partial charge in [-0.3, -0.25) is 4.79 Å². The van der Waals surface area contributed by atoms with E-state index in [4.69, 9.17) is 5.73 Å². The first-order valence-electron chi connectivity index (χ1n) is 8.61. The molecule has 0 aromatic heterocycles. The Morgan fingerprint density at radius 2 is 1.70 bits per heavy atom. The molecule has 0 aliphatic heterocycles. The second-order valence-electron chi connectivity index (χ2n) is 7.61. The molecule has 0 unspecified atom stereocenters. The van der Waals surface area contributed by atoms with Crippen molar-refractivity contribution < 1.29 is 4.79 Å². The number of nitrogens with two attached hydrogens (primary N) is 1. The molecule has 3 rings (SSSR count). The van der Waals surface area contributed by atoms with Gasteiger partial charge in [0.1, 0.15) is 0 Å². The molecule has 0 radical (unpaired) electrons. The monoisotopic (exact) mass is 278 g/mol. The van der Waals surface area contributed by atoms with Gasteiger partial charge in [-0.2, -0.15) is 0 Å². The smallest absolute Gasteiger partial charge is 0.223 e. The van der Waals surface area contributed by atoms with Crippen molar-refractivity contribution >= 4 is 5.91 Å². The van der Waals surface area contributed by atoms with Gasteiger partial charge in [-0.05, 0) is 62.3 Å². The molecule has 3 fully saturated rings. The van der Waals surface area contributed by atoms with Crippen LogP contribution < -0.4 is 5.73 Å². The van der Waals surface area contributed by atoms with Crippen LogP contribution in [0.4, 0.5) is 0 Å². The van der Waals surface area contributed by atoms with Gasteiger partial charge in [-0.15, -0.1) is 0 Å². The van der Waals surface area contributed by atoms with Crippen LogP contribution in [0.2, 0.25) is 0 Å². The maximum atomic E-state index is 12.8. The molecular weight excluding hydrogens is 248 g/mol. The molecule has 0 spiro atoms. The topological polar surface area (TPSA) is 46.3 Å². The SMILES string of the molecule is CN(C(=O)CC1(CN)CCCCC1)C(C1CC1)C1CC1. The maximum Gasteiger partial charge on any atom is 0.223 e. The van der Waals surface area contributed by atoms with Gasteiger partial charge < -0.3 is 10.6 Å². The van der Waals surface area contributed by atoms with Crippen LogP contribution in [0, 0.1) is 17.3 Å². The zero-order valence-corrected chi connectivity index (χ0v) is 12.9. The van der Waals surface area contributed by atoms with Gasteiger partial charge in [0.15, 0.2) is 0 Å². The fraction of sp³-hybridized carbons (Fsp3) is 0.941. The first-order chi connectivity index (χ1) is 9.65. The minimum Gasteiger partial charge on any atom is -0.342 e. The van der Waals surface area contributed by atoms with E-state index in [-0.39, 0.29) is 5.41 Å². The van der Waals surface area contributed by atoms with Crippen LogP contribution in [0.15, 0.2) is 0 Å². The highest BCUT2D eigenvalue weighted by atomic mass is 16.2. The highest BCUT2D eigenvalue weighted by Crippen LogP contribution is 2.47. The van der Waals surface area contributed by atoms with Crippen molar-refractivity contribution in [3.63, 3.8) is 0 Å². The van der Waals surface area contributed by atoms with Crippen molar-refractivity contribution in [3.05, 3.63) is 0 Å². The second-order valence-corrected chi connectivity index (χ2v) is 7.61. The van der Waals surface area contributed by atoms with E-state index in [0.29, 0.717) is 24.9 Å². The number of nitrogens with zero attached hydrogens (tertiary/aromatic N) is 1. The van der Waals surface area contributed by atoms with Crippen LogP contribution in [-0.2, 0) is 4.79 Å². The molecule has 20 heavy (non-hydrogen) atoms. The molecular formula is C17H30N2O. The summed E-state index contributed by atoms with van der Waals surface area (Å²) >= 11 is 0. The van der Waals surface area contributed by atoms with Crippen molar-refractivity contribution in [1.82, 2.24) is 4.90 Å². The summed E-state index contributed by atoms with van der Waals surface area (Å²) in [6.45, 7) is 0.685. The van der Waals surface area contributed by atoms with Gasteiger partial charge in [-0.25, -0.2) is 0 Å². The van der Waals surface area contributed by atoms with Crippen LogP contribution in [-0.4, -0.2) is 30.4 Å². The molecule has 0 bridgehead atoms. The number of carbonyl (C=O) groups excluding carboxylic acids is 1. The van der Waals surface area contributed by atoms with E-state index >= 15 is 0 Å². The van der Waals surface area contributed by atoms with Gasteiger partial charge in [0.2, 0.25) is 5.91 Å². The minimum atomic E-state index is 0.112. The predicted molar refractivity (Wildman–Crippen MR) is 81.2 cm³/mol. The van der Waals surface area contributed by atoms with Crippen LogP contribution >= 0.6 is 0 Å². The molecule has 0 heterocycles. The third-order valence-corrected chi connectivity index (χ3v) is 5.92. The third kappa shape index (κ3) is 3.03. The van der Waals surface area contributed by atoms with E-state index in [2.05, 4.69) is 11.9 Å². The molecule has 114 valence electrons. The lowest BCUT2D eigenvalue weighted by Gasteiger charge is -2.38. The lowest BCUT2D eigenvalue weighted by atomic mass is 9.71. The van der Waals surface area contributed by atoms with Crippen LogP contribution in [0.1, 0.15) is 64.2 Å². The highest BCUT2D eigenvalue weighted by molar-refractivity contribution is 5.77. The molecule has 3 nitrogen and oxygen atoms in total. The van der Waals surface area contributed by atoms with Crippen molar-refractivity contribution in [1.29, 1.82) is 0 Å². The van der Waals surface area contributed by atoms with E-state index in [1.165, 1.54) is 44.9 Å². The summed E-state index contributed by atoms with van der Waals surface area (Å²) in [5, 5.41) is 0. The summed E-state index contributed by atoms with van der Waals surface area (Å²) in [7, 11) is 2.05. The Morgan fingerprint density at radius 3 is 2.15 bits per heavy atom. The molecule has 3 aliphatic carbocycles. The lowest BCUT2D eigenvalue weighted by molar-refractivity contribution is -0.135. The number of hydrogen-bond donors (Lipinski definition) is 1. The van der Waals surface area contributed by atoms with Gasteiger partial charge in [0.05, 0.1) is 0 Å². The number of rotatable bonds is 6. The van der Waals surface area contributed by atoms with E-state index < -0.39 is 0 Å². The van der Waals surface area contributed by atoms with Crippen LogP contribution in [0.5, 0.6) is 0 Å². The Kier molecular flexibility index (Phi) is 4.07. The zero-order chi connectivity index (χ0) is 14.2. The average Bonchev–Trinajstić information content (AvgIpc) is 3.34. The summed E-state index contributed by atoms with van der Waals surface area (Å²) in [6.07, 6.45) is 12.2. The van der Waals surface area contributed by atoms with Gasteiger partial charge in [0.25, 0.3) is 0 Å². The highest BCUT2D eigenvalue weighted by Gasteiger charge is 2.45. The van der Waals surface area contributed by atoms with Crippen molar-refractivity contribution in [2.24, 2.45) is 23.0 Å². The predicted octanol–water partition coefficient (Wildman–Crippen LogP) is 2.93. The van der Waals surface area contributed by atoms with Crippen molar-refractivity contribution in [2.75, 3.05) is 13.6 Å². The summed E-state index contributed by atoms with van der Waals surface area (Å²) in [5.41, 5.74) is 6.15. The molecule has 0 atom stereocenters. The van der Waals surface area contributed by atoms with Crippen molar-refractivity contribution in [2.45, 2.75) is 70.3 Å². The molecule has 1 amide bonds. The normalized spacial score (nSPS) is 25.8. The zero-order valence-electron chi connectivity index (χ0n) is 12.9. The second kappa shape index (κ2) is 5.67. The van der Waals surface area contributed by atoms with Gasteiger partial charge >= 0.3 is 0 Å². The summed E-state index contributed by atoms with van der Waals surface area (Å²) in [4.78, 5) is 14.9. The maximum absolute atomic E-state index is 12.8. The lowest BCUT2D eigenvalue weighted by Crippen LogP contribution is -2.44. The van der Waals surface area contributed by atoms with Gasteiger partial charge in [0, 0.05) is 19.5 Å². The largest absolute Gasteiger partial charge is 0.342 e. The number of hydrogen-bond acceptors (Lipinski definition) is 2. The minimum absolute atomic E-state index is 0.112. The van der Waals surface area contributed by atoms with E-state index in [9.17, 15) is 4.79 Å². The Balaban J connectivity index is 1.61. The fourth-order valence-corrected chi connectivity index (χ4v) is 4.26. The molecule has 3 heteroatoms. The Labute approximate surface area is 123 Å². The first-order valence-corrected chi connectivity index (χ1v) is 8.61. The van der Waals surface area contributed by atoms with E-state index in [1.807, 2.05) is 0 Å². The van der Waals surface area contributed by atoms with Crippen LogP contribution in [0.3, 0.4) is 0 Å². The number of amides is 1. The molecule has 3 aliphatic rings. The third-order valence-electron chi connectivity index (χ3n) is 5.92. The van der Waals surface area contributed by atoms with Gasteiger partial charge in [-0.1, -0.05) is 19.3 Å². The molecule has 0 aromatic rings. The standard InChI is InChI=1S/C17H30N2O/c1-19(16(13-5-6-13)14-7-8-14)15(20)11-17(12-18)9-3-2-4-10-17/h13-14,16H,2-12,18H2,1H3. The summed E-state index contributed by atoms with van der Waals surface area (Å²) < 4.78 is 0. The summed E-state index contributed by atoms with van der Waals surface area (Å²) in [5.74, 6) is 1.97. The summed E-state index contributed by atoms with van der Waals surface area (Å²) in [6, 6.07) is 0.543. The quantitative estimate of drug-likeness (QED) is 0.812. The Bertz CT molecular complexity index is 342. The molecule has 0 saturated heterocycles. The Hall–Kier alpha value is -0.570. The number of carbonyl (C=O) groups is 1. The first kappa shape index (κ1) is 14.4. The van der Waals surface area contributed by atoms with E-state index in [1.54, 1.807) is 0 Å². The molecule has 0 aromatic carbocycles. The molecule has 2 N–H and O–H groups in total. The molecule has 3 saturated carbocycles. The van der Waals surface area contributed by atoms with Crippen LogP contribution in [0.25, 0.3) is 0 Å². The average molecular weight is 278 g/mol.